The first-order chi connectivity index (χ1) is 15.7. The predicted octanol–water partition coefficient (Wildman–Crippen LogP) is 4.43. The van der Waals surface area contributed by atoms with Crippen LogP contribution in [0.15, 0.2) is 54.6 Å². The van der Waals surface area contributed by atoms with Crippen molar-refractivity contribution in [2.45, 2.75) is 38.5 Å². The van der Waals surface area contributed by atoms with Gasteiger partial charge in [-0.3, -0.25) is 9.59 Å². The zero-order valence-corrected chi connectivity index (χ0v) is 18.4. The molecule has 2 aliphatic rings. The van der Waals surface area contributed by atoms with E-state index in [0.717, 1.165) is 48.2 Å². The van der Waals surface area contributed by atoms with Crippen LogP contribution in [0, 0.1) is 0 Å². The van der Waals surface area contributed by atoms with E-state index in [2.05, 4.69) is 35.2 Å². The predicted molar refractivity (Wildman–Crippen MR) is 127 cm³/mol. The van der Waals surface area contributed by atoms with E-state index >= 15 is 0 Å². The second kappa shape index (κ2) is 9.11. The SMILES string of the molecule is O=C(CCC(=O)N1CCN(c2ccc3ccccc3n2)CC1)c1ccc2c(c1)CCCC2. The van der Waals surface area contributed by atoms with Crippen molar-refractivity contribution in [3.8, 4) is 0 Å². The summed E-state index contributed by atoms with van der Waals surface area (Å²) < 4.78 is 0. The van der Waals surface area contributed by atoms with Crippen LogP contribution in [0.3, 0.4) is 0 Å². The Hall–Kier alpha value is -3.21. The first kappa shape index (κ1) is 20.7. The van der Waals surface area contributed by atoms with Gasteiger partial charge in [0.05, 0.1) is 5.52 Å². The molecule has 1 aliphatic carbocycles. The molecule has 2 heterocycles. The number of hydrogen-bond donors (Lipinski definition) is 0. The van der Waals surface area contributed by atoms with Crippen molar-refractivity contribution < 1.29 is 9.59 Å². The van der Waals surface area contributed by atoms with Gasteiger partial charge in [0.15, 0.2) is 5.78 Å². The lowest BCUT2D eigenvalue weighted by Crippen LogP contribution is -2.49. The lowest BCUT2D eigenvalue weighted by Gasteiger charge is -2.35. The Bertz CT molecular complexity index is 1150. The van der Waals surface area contributed by atoms with E-state index in [9.17, 15) is 9.59 Å². The Kier molecular flexibility index (Phi) is 5.89. The van der Waals surface area contributed by atoms with Crippen LogP contribution in [-0.4, -0.2) is 47.8 Å². The summed E-state index contributed by atoms with van der Waals surface area (Å²) in [5.41, 5.74) is 4.43. The monoisotopic (exact) mass is 427 g/mol. The largest absolute Gasteiger partial charge is 0.353 e. The molecule has 0 atom stereocenters. The summed E-state index contributed by atoms with van der Waals surface area (Å²) in [4.78, 5) is 34.3. The van der Waals surface area contributed by atoms with Crippen molar-refractivity contribution >= 4 is 28.4 Å². The Morgan fingerprint density at radius 2 is 1.59 bits per heavy atom. The first-order valence-electron chi connectivity index (χ1n) is 11.7. The molecule has 5 nitrogen and oxygen atoms in total. The molecule has 1 fully saturated rings. The quantitative estimate of drug-likeness (QED) is 0.566. The third kappa shape index (κ3) is 4.38. The molecule has 1 amide bonds. The molecule has 0 unspecified atom stereocenters. The maximum Gasteiger partial charge on any atom is 0.223 e. The molecule has 164 valence electrons. The van der Waals surface area contributed by atoms with Crippen molar-refractivity contribution in [1.29, 1.82) is 0 Å². The second-order valence-corrected chi connectivity index (χ2v) is 8.84. The lowest BCUT2D eigenvalue weighted by molar-refractivity contribution is -0.131. The minimum Gasteiger partial charge on any atom is -0.353 e. The summed E-state index contributed by atoms with van der Waals surface area (Å²) in [6.07, 6.45) is 5.17. The summed E-state index contributed by atoms with van der Waals surface area (Å²) in [5, 5.41) is 1.13. The van der Waals surface area contributed by atoms with Gasteiger partial charge in [0, 0.05) is 50.0 Å². The van der Waals surface area contributed by atoms with Crippen molar-refractivity contribution in [1.82, 2.24) is 9.88 Å². The van der Waals surface area contributed by atoms with Crippen molar-refractivity contribution in [3.05, 3.63) is 71.3 Å². The Morgan fingerprint density at radius 3 is 2.44 bits per heavy atom. The standard InChI is InChI=1S/C27H29N3O2/c31-25(23-10-9-20-5-1-2-7-22(20)19-23)12-14-27(32)30-17-15-29(16-18-30)26-13-11-21-6-3-4-8-24(21)28-26/h3-4,6,8-11,13,19H,1-2,5,7,12,14-18H2. The molecule has 32 heavy (non-hydrogen) atoms. The van der Waals surface area contributed by atoms with Crippen LogP contribution in [0.5, 0.6) is 0 Å². The highest BCUT2D eigenvalue weighted by molar-refractivity contribution is 5.98. The summed E-state index contributed by atoms with van der Waals surface area (Å²) in [6, 6.07) is 18.4. The molecule has 0 N–H and O–H groups in total. The number of para-hydroxylation sites is 1. The molecule has 0 radical (unpaired) electrons. The van der Waals surface area contributed by atoms with Crippen LogP contribution < -0.4 is 4.90 Å². The summed E-state index contributed by atoms with van der Waals surface area (Å²) in [5.74, 6) is 1.10. The Labute approximate surface area is 189 Å². The minimum atomic E-state index is 0.0717. The van der Waals surface area contributed by atoms with E-state index in [-0.39, 0.29) is 24.5 Å². The molecule has 0 bridgehead atoms. The number of amides is 1. The van der Waals surface area contributed by atoms with E-state index < -0.39 is 0 Å². The van der Waals surface area contributed by atoms with Crippen molar-refractivity contribution in [2.24, 2.45) is 0 Å². The number of pyridine rings is 1. The molecule has 1 aliphatic heterocycles. The van der Waals surface area contributed by atoms with Crippen LogP contribution in [0.25, 0.3) is 10.9 Å². The maximum atomic E-state index is 12.7. The number of anilines is 1. The molecular formula is C27H29N3O2. The molecule has 0 spiro atoms. The van der Waals surface area contributed by atoms with Gasteiger partial charge in [-0.25, -0.2) is 4.98 Å². The van der Waals surface area contributed by atoms with Gasteiger partial charge >= 0.3 is 0 Å². The van der Waals surface area contributed by atoms with Gasteiger partial charge in [-0.05, 0) is 61.1 Å². The Morgan fingerprint density at radius 1 is 0.812 bits per heavy atom. The Balaban J connectivity index is 1.14. The smallest absolute Gasteiger partial charge is 0.223 e. The highest BCUT2D eigenvalue weighted by Gasteiger charge is 2.23. The zero-order valence-electron chi connectivity index (χ0n) is 18.4. The number of fused-ring (bicyclic) bond motifs is 2. The van der Waals surface area contributed by atoms with Crippen molar-refractivity contribution in [3.63, 3.8) is 0 Å². The van der Waals surface area contributed by atoms with Gasteiger partial charge in [-0.1, -0.05) is 30.3 Å². The fourth-order valence-corrected chi connectivity index (χ4v) is 4.85. The zero-order chi connectivity index (χ0) is 21.9. The number of rotatable bonds is 5. The van der Waals surface area contributed by atoms with Crippen LogP contribution in [0.4, 0.5) is 5.82 Å². The molecule has 5 rings (SSSR count). The maximum absolute atomic E-state index is 12.7. The lowest BCUT2D eigenvalue weighted by atomic mass is 9.89. The van der Waals surface area contributed by atoms with E-state index in [1.54, 1.807) is 0 Å². The topological polar surface area (TPSA) is 53.5 Å². The fourth-order valence-electron chi connectivity index (χ4n) is 4.85. The number of benzene rings is 2. The molecule has 5 heteroatoms. The van der Waals surface area contributed by atoms with Gasteiger partial charge in [0.2, 0.25) is 5.91 Å². The minimum absolute atomic E-state index is 0.0717. The first-order valence-corrected chi connectivity index (χ1v) is 11.7. The molecule has 3 aromatic rings. The number of aryl methyl sites for hydroxylation is 2. The van der Waals surface area contributed by atoms with Gasteiger partial charge in [0.25, 0.3) is 0 Å². The number of ketones is 1. The summed E-state index contributed by atoms with van der Waals surface area (Å²) >= 11 is 0. The van der Waals surface area contributed by atoms with E-state index in [0.29, 0.717) is 13.1 Å². The summed E-state index contributed by atoms with van der Waals surface area (Å²) in [7, 11) is 0. The molecular weight excluding hydrogens is 398 g/mol. The van der Waals surface area contributed by atoms with Crippen LogP contribution in [-0.2, 0) is 17.6 Å². The van der Waals surface area contributed by atoms with Gasteiger partial charge < -0.3 is 9.80 Å². The fraction of sp³-hybridized carbons (Fsp3) is 0.370. The highest BCUT2D eigenvalue weighted by atomic mass is 16.2. The van der Waals surface area contributed by atoms with E-state index in [4.69, 9.17) is 4.98 Å². The molecule has 1 aromatic heterocycles. The number of piperazine rings is 1. The van der Waals surface area contributed by atoms with E-state index in [1.807, 2.05) is 29.2 Å². The molecule has 0 saturated carbocycles. The van der Waals surface area contributed by atoms with Gasteiger partial charge in [0.1, 0.15) is 5.82 Å². The van der Waals surface area contributed by atoms with Crippen LogP contribution in [0.1, 0.15) is 47.2 Å². The number of aromatic nitrogens is 1. The third-order valence-corrected chi connectivity index (χ3v) is 6.78. The number of carbonyl (C=O) groups is 2. The van der Waals surface area contributed by atoms with Gasteiger partial charge in [-0.15, -0.1) is 0 Å². The van der Waals surface area contributed by atoms with E-state index in [1.165, 1.54) is 24.0 Å². The van der Waals surface area contributed by atoms with Crippen molar-refractivity contribution in [2.75, 3.05) is 31.1 Å². The molecule has 2 aromatic carbocycles. The molecule has 1 saturated heterocycles. The van der Waals surface area contributed by atoms with Crippen LogP contribution >= 0.6 is 0 Å². The normalized spacial score (nSPS) is 16.1. The number of nitrogens with zero attached hydrogens (tertiary/aromatic N) is 3. The number of hydrogen-bond acceptors (Lipinski definition) is 4. The second-order valence-electron chi connectivity index (χ2n) is 8.84. The third-order valence-electron chi connectivity index (χ3n) is 6.78. The summed E-state index contributed by atoms with van der Waals surface area (Å²) in [6.45, 7) is 2.85. The average Bonchev–Trinajstić information content (AvgIpc) is 2.86. The number of Topliss-reactive ketones (excluding diaryl/α,β-unsaturated/α-hetero) is 1. The van der Waals surface area contributed by atoms with Crippen LogP contribution in [0.2, 0.25) is 0 Å². The average molecular weight is 428 g/mol. The highest BCUT2D eigenvalue weighted by Crippen LogP contribution is 2.23. The number of carbonyl (C=O) groups excluding carboxylic acids is 2. The van der Waals surface area contributed by atoms with Gasteiger partial charge in [-0.2, -0.15) is 0 Å².